The second kappa shape index (κ2) is 24.2. The predicted molar refractivity (Wildman–Crippen MR) is 330 cm³/mol. The molecule has 13 rings (SSSR count). The molecular weight excluding hydrogens is 1210 g/mol. The quantitative estimate of drug-likeness (QED) is 0.0423. The maximum atomic E-state index is 15.7. The molecule has 4 heterocycles. The molecule has 20 nitrogen and oxygen atoms in total. The number of allylic oxidation sites excluding steroid dienone is 4. The lowest BCUT2D eigenvalue weighted by Gasteiger charge is -2.38. The number of nitrogens with zero attached hydrogens (tertiary/aromatic N) is 8. The van der Waals surface area contributed by atoms with Gasteiger partial charge in [-0.1, -0.05) is 193 Å². The first kappa shape index (κ1) is 58.4. The summed E-state index contributed by atoms with van der Waals surface area (Å²) in [4.78, 5) is 110. The van der Waals surface area contributed by atoms with Crippen molar-refractivity contribution in [1.29, 1.82) is 21.0 Å². The number of rotatable bonds is 14. The number of aromatic nitrogens is 2. The molecule has 92 heavy (non-hydrogen) atoms. The van der Waals surface area contributed by atoms with E-state index < -0.39 is 96.0 Å². The van der Waals surface area contributed by atoms with Crippen LogP contribution < -0.4 is 9.47 Å². The van der Waals surface area contributed by atoms with Crippen molar-refractivity contribution in [2.45, 2.75) is 37.6 Å². The summed E-state index contributed by atoms with van der Waals surface area (Å²) in [7, 11) is 0. The molecule has 0 fully saturated rings. The van der Waals surface area contributed by atoms with Crippen LogP contribution in [0.5, 0.6) is 11.8 Å². The van der Waals surface area contributed by atoms with Crippen molar-refractivity contribution < 1.29 is 57.2 Å². The third kappa shape index (κ3) is 10.1. The lowest BCUT2D eigenvalue weighted by Crippen LogP contribution is -2.54. The fourth-order valence-electron chi connectivity index (χ4n) is 10.9. The fraction of sp³-hybridized carbons (Fsp3) is 0.0857. The fourth-order valence-corrected chi connectivity index (χ4v) is 12.7. The maximum Gasteiger partial charge on any atom is 0.367 e. The van der Waals surface area contributed by atoms with Crippen LogP contribution >= 0.6 is 22.7 Å². The molecule has 0 N–H and O–H groups in total. The van der Waals surface area contributed by atoms with Gasteiger partial charge in [0.25, 0.3) is 0 Å². The molecule has 0 unspecified atom stereocenters. The average Bonchev–Trinajstić information content (AvgIpc) is 1.12. The Balaban J connectivity index is 1.08. The number of hydrogen-bond donors (Lipinski definition) is 0. The predicted octanol–water partition coefficient (Wildman–Crippen LogP) is 11.6. The maximum absolute atomic E-state index is 15.7. The van der Waals surface area contributed by atoms with Crippen LogP contribution in [0, 0.1) is 45.3 Å². The molecule has 4 aliphatic rings. The minimum atomic E-state index is -3.03. The zero-order valence-corrected chi connectivity index (χ0v) is 49.1. The van der Waals surface area contributed by atoms with Crippen LogP contribution in [0.4, 0.5) is 10.3 Å². The Bertz CT molecular complexity index is 4500. The number of nitriles is 4. The van der Waals surface area contributed by atoms with Crippen LogP contribution in [-0.4, -0.2) is 56.8 Å². The highest BCUT2D eigenvalue weighted by molar-refractivity contribution is 7.19. The summed E-state index contributed by atoms with van der Waals surface area (Å²) in [5, 5.41) is 40.3. The second-order valence-corrected chi connectivity index (χ2v) is 22.6. The van der Waals surface area contributed by atoms with E-state index in [4.69, 9.17) is 28.4 Å². The van der Waals surface area contributed by atoms with Crippen molar-refractivity contribution in [3.05, 3.63) is 249 Å². The number of fused-ring (bicyclic) bond motifs is 8. The van der Waals surface area contributed by atoms with Gasteiger partial charge in [0.05, 0.1) is 0 Å². The van der Waals surface area contributed by atoms with Crippen molar-refractivity contribution in [2.75, 3.05) is 0 Å². The molecule has 7 aromatic carbocycles. The zero-order valence-electron chi connectivity index (χ0n) is 47.4. The number of ketones is 2. The third-order valence-electron chi connectivity index (χ3n) is 15.2. The largest absolute Gasteiger partial charge is 0.457 e. The van der Waals surface area contributed by atoms with Crippen LogP contribution in [0.2, 0.25) is 0 Å². The van der Waals surface area contributed by atoms with E-state index in [1.54, 1.807) is 158 Å². The van der Waals surface area contributed by atoms with E-state index in [0.717, 1.165) is 22.7 Å². The number of thiazole rings is 2. The number of carbonyl (C=O) groups excluding carboxylic acids is 6. The number of esters is 4. The van der Waals surface area contributed by atoms with Crippen molar-refractivity contribution in [3.8, 4) is 56.9 Å². The van der Waals surface area contributed by atoms with E-state index in [9.17, 15) is 30.6 Å². The Morgan fingerprint density at radius 2 is 0.696 bits per heavy atom. The minimum Gasteiger partial charge on any atom is -0.457 e. The smallest absolute Gasteiger partial charge is 0.367 e. The van der Waals surface area contributed by atoms with Crippen molar-refractivity contribution >= 4 is 90.9 Å². The Morgan fingerprint density at radius 1 is 0.413 bits per heavy atom. The van der Waals surface area contributed by atoms with Crippen LogP contribution in [0.25, 0.3) is 32.0 Å². The van der Waals surface area contributed by atoms with Crippen LogP contribution in [0.1, 0.15) is 65.2 Å². The van der Waals surface area contributed by atoms with Gasteiger partial charge >= 0.3 is 35.1 Å². The van der Waals surface area contributed by atoms with Gasteiger partial charge in [-0.3, -0.25) is 9.59 Å². The van der Waals surface area contributed by atoms with Gasteiger partial charge in [0.15, 0.2) is 0 Å². The van der Waals surface area contributed by atoms with Crippen molar-refractivity contribution in [2.24, 2.45) is 9.98 Å². The molecule has 2 aliphatic heterocycles. The Labute approximate surface area is 529 Å². The summed E-state index contributed by atoms with van der Waals surface area (Å²) < 4.78 is 37.8. The topological polar surface area (TPSA) is 303 Å². The Morgan fingerprint density at radius 3 is 0.989 bits per heavy atom. The molecule has 2 aromatic heterocycles. The van der Waals surface area contributed by atoms with E-state index >= 15 is 19.2 Å². The molecule has 0 saturated heterocycles. The van der Waals surface area contributed by atoms with Crippen molar-refractivity contribution in [1.82, 2.24) is 9.97 Å². The highest BCUT2D eigenvalue weighted by Crippen LogP contribution is 2.58. The van der Waals surface area contributed by atoms with Gasteiger partial charge in [-0.25, -0.2) is 29.2 Å². The summed E-state index contributed by atoms with van der Waals surface area (Å²) in [6.45, 7) is -1.68. The Hall–Kier alpha value is -12.6. The lowest BCUT2D eigenvalue weighted by atomic mass is 9.79. The highest BCUT2D eigenvalue weighted by atomic mass is 32.1. The van der Waals surface area contributed by atoms with E-state index in [-0.39, 0.29) is 87.1 Å². The highest BCUT2D eigenvalue weighted by Gasteiger charge is 2.63. The summed E-state index contributed by atoms with van der Waals surface area (Å²) in [5.74, 6) is -7.62. The summed E-state index contributed by atoms with van der Waals surface area (Å²) >= 11 is 1.52. The number of Topliss-reactive ketones (excluding diaryl/α,β-unsaturated/α-hetero) is 2. The first-order valence-electron chi connectivity index (χ1n) is 27.9. The van der Waals surface area contributed by atoms with Gasteiger partial charge in [0.1, 0.15) is 83.0 Å². The number of ether oxygens (including phenoxy) is 6. The molecule has 22 heteroatoms. The number of carbonyl (C=O) groups is 6. The molecule has 0 spiro atoms. The van der Waals surface area contributed by atoms with E-state index in [0.29, 0.717) is 22.3 Å². The van der Waals surface area contributed by atoms with Gasteiger partial charge in [0.2, 0.25) is 33.6 Å². The minimum absolute atomic E-state index is 0.0189. The number of hydrogen-bond acceptors (Lipinski definition) is 22. The van der Waals surface area contributed by atoms with Gasteiger partial charge in [-0.2, -0.15) is 31.0 Å². The van der Waals surface area contributed by atoms with E-state index in [1.165, 1.54) is 24.3 Å². The summed E-state index contributed by atoms with van der Waals surface area (Å²) in [6.07, 6.45) is 0. The SMILES string of the molecule is N#CC(C#N)=C1C(=Nc2nc3c(s2)-c2cc4c(cc2C(C(=O)OCc2ccccc2)(C(=O)OCc2ccccc2)O3)-c2sc(N=C3C(=O)c5ccccc5C3=C(C#N)C#N)nc2OC4(C(=O)OCc2ccccc2)C(=O)OCc2ccccc2)C(=O)c2ccccc21. The molecule has 0 saturated carbocycles. The van der Waals surface area contributed by atoms with Gasteiger partial charge in [-0.15, -0.1) is 0 Å². The molecule has 0 radical (unpaired) electrons. The molecule has 9 aromatic rings. The van der Waals surface area contributed by atoms with Crippen LogP contribution in [0.15, 0.2) is 203 Å². The lowest BCUT2D eigenvalue weighted by molar-refractivity contribution is -0.185. The number of aliphatic imine (C=N–C) groups is 2. The third-order valence-corrected chi connectivity index (χ3v) is 17.2. The summed E-state index contributed by atoms with van der Waals surface area (Å²) in [6, 6.07) is 56.7. The first-order chi connectivity index (χ1) is 44.9. The van der Waals surface area contributed by atoms with Crippen LogP contribution in [0.3, 0.4) is 0 Å². The molecule has 0 atom stereocenters. The standard InChI is InChI=1S/C70H38N8O12S2/c71-31-43(32-72)53-45-25-13-15-27-47(45)57(79)55(53)75-67-77-61-59(91-67)49-30-52-50(29-51(49)69(89-61,63(81)85-35-39-17-5-1-6-18-39)64(82)86-36-40-19-7-2-8-20-40)60-62(78-68(92-60)76-56-54(44(33-73)34-74)46-26-14-16-28-48(46)58(56)80)90-70(52,65(83)87-37-41-21-9-3-10-22-41)66(84)88-38-42-23-11-4-12-24-42/h1-30H,35-38H2. The van der Waals surface area contributed by atoms with E-state index in [1.807, 2.05) is 24.3 Å². The monoisotopic (exact) mass is 1250 g/mol. The average molecular weight is 1250 g/mol. The number of benzene rings is 7. The van der Waals surface area contributed by atoms with Gasteiger partial charge < -0.3 is 28.4 Å². The molecule has 2 aliphatic carbocycles. The zero-order chi connectivity index (χ0) is 63.7. The van der Waals surface area contributed by atoms with Crippen LogP contribution in [-0.2, 0) is 75.8 Å². The van der Waals surface area contributed by atoms with Gasteiger partial charge in [-0.05, 0) is 45.5 Å². The molecule has 0 amide bonds. The van der Waals surface area contributed by atoms with E-state index in [2.05, 4.69) is 20.0 Å². The summed E-state index contributed by atoms with van der Waals surface area (Å²) in [5.41, 5.74) is -5.91. The van der Waals surface area contributed by atoms with Crippen molar-refractivity contribution in [3.63, 3.8) is 0 Å². The normalized spacial score (nSPS) is 14.8. The van der Waals surface area contributed by atoms with Gasteiger partial charge in [0, 0.05) is 44.5 Å². The molecule has 442 valence electrons. The second-order valence-electron chi connectivity index (χ2n) is 20.6. The molecular formula is C70H38N8O12S2. The molecule has 0 bridgehead atoms. The Kier molecular flexibility index (Phi) is 15.3. The first-order valence-corrected chi connectivity index (χ1v) is 29.5.